The van der Waals surface area contributed by atoms with Crippen LogP contribution in [0.4, 0.5) is 4.79 Å². The molecule has 2 amide bonds. The zero-order chi connectivity index (χ0) is 21.4. The van der Waals surface area contributed by atoms with Crippen molar-refractivity contribution in [2.45, 2.75) is 38.9 Å². The number of amides is 2. The molecule has 1 fully saturated rings. The summed E-state index contributed by atoms with van der Waals surface area (Å²) in [6.45, 7) is 3.70. The van der Waals surface area contributed by atoms with Crippen molar-refractivity contribution in [3.63, 3.8) is 0 Å². The van der Waals surface area contributed by atoms with E-state index in [1.807, 2.05) is 30.0 Å². The Bertz CT molecular complexity index is 1250. The molecule has 1 N–H and O–H groups in total. The minimum atomic E-state index is -0.107. The van der Waals surface area contributed by atoms with Gasteiger partial charge in [0.2, 0.25) is 5.88 Å². The molecule has 1 aliphatic heterocycles. The zero-order valence-corrected chi connectivity index (χ0v) is 17.5. The second kappa shape index (κ2) is 7.86. The standard InChI is InChI=1S/C21H24N8O2/c1-14-23-16-7-3-4-8-17(16)28(14)13-15-6-5-11-27(15)21(30)22-12-19-25-24-18-9-10-20(31-2)26-29(18)19/h3-4,7-10,15H,5-6,11-13H2,1-2H3,(H,22,30). The van der Waals surface area contributed by atoms with Crippen LogP contribution in [0.2, 0.25) is 0 Å². The summed E-state index contributed by atoms with van der Waals surface area (Å²) in [5.41, 5.74) is 2.68. The summed E-state index contributed by atoms with van der Waals surface area (Å²) in [5.74, 6) is 1.97. The normalized spacial score (nSPS) is 16.3. The van der Waals surface area contributed by atoms with Gasteiger partial charge in [-0.3, -0.25) is 0 Å². The fourth-order valence-corrected chi connectivity index (χ4v) is 4.22. The van der Waals surface area contributed by atoms with E-state index in [4.69, 9.17) is 4.74 Å². The van der Waals surface area contributed by atoms with Crippen LogP contribution >= 0.6 is 0 Å². The monoisotopic (exact) mass is 420 g/mol. The van der Waals surface area contributed by atoms with Gasteiger partial charge in [-0.1, -0.05) is 12.1 Å². The molecule has 0 saturated carbocycles. The molecular formula is C21H24N8O2. The van der Waals surface area contributed by atoms with E-state index < -0.39 is 0 Å². The van der Waals surface area contributed by atoms with Gasteiger partial charge in [-0.05, 0) is 38.0 Å². The summed E-state index contributed by atoms with van der Waals surface area (Å²) in [6.07, 6.45) is 1.95. The van der Waals surface area contributed by atoms with Crippen molar-refractivity contribution in [2.24, 2.45) is 0 Å². The SMILES string of the molecule is COc1ccc2nnc(CNC(=O)N3CCCC3Cn3c(C)nc4ccccc43)n2n1. The number of aromatic nitrogens is 6. The van der Waals surface area contributed by atoms with E-state index in [0.29, 0.717) is 17.4 Å². The first kappa shape index (κ1) is 19.3. The molecule has 4 heterocycles. The highest BCUT2D eigenvalue weighted by Crippen LogP contribution is 2.23. The van der Waals surface area contributed by atoms with Gasteiger partial charge in [0.05, 0.1) is 30.7 Å². The quantitative estimate of drug-likeness (QED) is 0.531. The third kappa shape index (κ3) is 3.54. The van der Waals surface area contributed by atoms with Gasteiger partial charge in [-0.25, -0.2) is 9.78 Å². The molecule has 0 bridgehead atoms. The summed E-state index contributed by atoms with van der Waals surface area (Å²) in [5, 5.41) is 15.5. The molecule has 4 aromatic rings. The number of carbonyl (C=O) groups is 1. The van der Waals surface area contributed by atoms with Gasteiger partial charge in [-0.2, -0.15) is 4.52 Å². The van der Waals surface area contributed by atoms with E-state index in [0.717, 1.165) is 42.8 Å². The van der Waals surface area contributed by atoms with Crippen LogP contribution < -0.4 is 10.1 Å². The number of hydrogen-bond donors (Lipinski definition) is 1. The molecule has 3 aromatic heterocycles. The van der Waals surface area contributed by atoms with Gasteiger partial charge in [-0.15, -0.1) is 15.3 Å². The van der Waals surface area contributed by atoms with Crippen LogP contribution in [0.5, 0.6) is 5.88 Å². The van der Waals surface area contributed by atoms with Gasteiger partial charge in [0, 0.05) is 19.2 Å². The highest BCUT2D eigenvalue weighted by atomic mass is 16.5. The van der Waals surface area contributed by atoms with Crippen LogP contribution in [0.25, 0.3) is 16.7 Å². The molecule has 0 radical (unpaired) electrons. The van der Waals surface area contributed by atoms with E-state index in [-0.39, 0.29) is 18.6 Å². The van der Waals surface area contributed by atoms with Crippen molar-refractivity contribution >= 4 is 22.7 Å². The molecule has 1 aliphatic rings. The Morgan fingerprint density at radius 3 is 2.97 bits per heavy atom. The highest BCUT2D eigenvalue weighted by molar-refractivity contribution is 5.76. The fraction of sp³-hybridized carbons (Fsp3) is 0.381. The molecule has 1 atom stereocenters. The van der Waals surface area contributed by atoms with Gasteiger partial charge in [0.1, 0.15) is 5.82 Å². The third-order valence-corrected chi connectivity index (χ3v) is 5.79. The molecule has 1 aromatic carbocycles. The van der Waals surface area contributed by atoms with Crippen molar-refractivity contribution < 1.29 is 9.53 Å². The average molecular weight is 420 g/mol. The summed E-state index contributed by atoms with van der Waals surface area (Å²) >= 11 is 0. The molecule has 10 heteroatoms. The molecular weight excluding hydrogens is 396 g/mol. The second-order valence-corrected chi connectivity index (χ2v) is 7.67. The van der Waals surface area contributed by atoms with Crippen LogP contribution in [0.1, 0.15) is 24.5 Å². The molecule has 31 heavy (non-hydrogen) atoms. The maximum atomic E-state index is 13.0. The van der Waals surface area contributed by atoms with E-state index in [1.165, 1.54) is 0 Å². The number of para-hydroxylation sites is 2. The van der Waals surface area contributed by atoms with E-state index >= 15 is 0 Å². The number of nitrogens with one attached hydrogen (secondary N) is 1. The number of methoxy groups -OCH3 is 1. The zero-order valence-electron chi connectivity index (χ0n) is 17.5. The van der Waals surface area contributed by atoms with Gasteiger partial charge < -0.3 is 19.5 Å². The van der Waals surface area contributed by atoms with E-state index in [9.17, 15) is 4.79 Å². The predicted molar refractivity (Wildman–Crippen MR) is 114 cm³/mol. The minimum absolute atomic E-state index is 0.107. The number of fused-ring (bicyclic) bond motifs is 2. The van der Waals surface area contributed by atoms with Crippen LogP contribution in [0, 0.1) is 6.92 Å². The lowest BCUT2D eigenvalue weighted by molar-refractivity contribution is 0.186. The van der Waals surface area contributed by atoms with E-state index in [2.05, 4.69) is 36.2 Å². The minimum Gasteiger partial charge on any atom is -0.480 e. The van der Waals surface area contributed by atoms with E-state index in [1.54, 1.807) is 23.8 Å². The highest BCUT2D eigenvalue weighted by Gasteiger charge is 2.30. The molecule has 1 saturated heterocycles. The number of imidazole rings is 1. The Kier molecular flexibility index (Phi) is 4.89. The number of likely N-dealkylation sites (tertiary alicyclic amines) is 1. The largest absolute Gasteiger partial charge is 0.480 e. The van der Waals surface area contributed by atoms with Gasteiger partial charge in [0.15, 0.2) is 11.5 Å². The number of urea groups is 1. The molecule has 0 spiro atoms. The Labute approximate surface area is 178 Å². The number of benzene rings is 1. The maximum absolute atomic E-state index is 13.0. The van der Waals surface area contributed by atoms with Crippen molar-refractivity contribution in [1.82, 2.24) is 39.6 Å². The Balaban J connectivity index is 1.29. The Morgan fingerprint density at radius 2 is 2.10 bits per heavy atom. The lowest BCUT2D eigenvalue weighted by atomic mass is 10.2. The number of hydrogen-bond acceptors (Lipinski definition) is 6. The summed E-state index contributed by atoms with van der Waals surface area (Å²) in [7, 11) is 1.55. The topological polar surface area (TPSA) is 102 Å². The number of carbonyl (C=O) groups excluding carboxylic acids is 1. The molecule has 5 rings (SSSR count). The Morgan fingerprint density at radius 1 is 1.23 bits per heavy atom. The lowest BCUT2D eigenvalue weighted by Gasteiger charge is -2.26. The van der Waals surface area contributed by atoms with Crippen LogP contribution in [0.3, 0.4) is 0 Å². The molecule has 1 unspecified atom stereocenters. The Hall–Kier alpha value is -3.69. The number of ether oxygens (including phenoxy) is 1. The second-order valence-electron chi connectivity index (χ2n) is 7.67. The van der Waals surface area contributed by atoms with Crippen LogP contribution in [-0.4, -0.2) is 60.0 Å². The van der Waals surface area contributed by atoms with Crippen molar-refractivity contribution in [2.75, 3.05) is 13.7 Å². The summed E-state index contributed by atoms with van der Waals surface area (Å²) in [4.78, 5) is 19.5. The first-order valence-electron chi connectivity index (χ1n) is 10.4. The van der Waals surface area contributed by atoms with Gasteiger partial charge in [0.25, 0.3) is 0 Å². The predicted octanol–water partition coefficient (Wildman–Crippen LogP) is 2.17. The summed E-state index contributed by atoms with van der Waals surface area (Å²) in [6, 6.07) is 11.6. The third-order valence-electron chi connectivity index (χ3n) is 5.79. The van der Waals surface area contributed by atoms with Crippen LogP contribution in [-0.2, 0) is 13.1 Å². The fourth-order valence-electron chi connectivity index (χ4n) is 4.22. The first-order chi connectivity index (χ1) is 15.1. The molecule has 10 nitrogen and oxygen atoms in total. The van der Waals surface area contributed by atoms with Crippen molar-refractivity contribution in [3.8, 4) is 5.88 Å². The first-order valence-corrected chi connectivity index (χ1v) is 10.4. The molecule has 0 aliphatic carbocycles. The number of rotatable bonds is 5. The van der Waals surface area contributed by atoms with Gasteiger partial charge >= 0.3 is 6.03 Å². The number of nitrogens with zero attached hydrogens (tertiary/aromatic N) is 7. The summed E-state index contributed by atoms with van der Waals surface area (Å²) < 4.78 is 8.95. The molecule has 160 valence electrons. The maximum Gasteiger partial charge on any atom is 0.318 e. The van der Waals surface area contributed by atoms with Crippen molar-refractivity contribution in [1.29, 1.82) is 0 Å². The van der Waals surface area contributed by atoms with Crippen molar-refractivity contribution in [3.05, 3.63) is 48.0 Å². The van der Waals surface area contributed by atoms with Crippen LogP contribution in [0.15, 0.2) is 36.4 Å². The smallest absolute Gasteiger partial charge is 0.318 e. The number of aryl methyl sites for hydroxylation is 1. The lowest BCUT2D eigenvalue weighted by Crippen LogP contribution is -2.44. The average Bonchev–Trinajstić information content (AvgIpc) is 3.49.